The van der Waals surface area contributed by atoms with Crippen molar-refractivity contribution in [2.24, 2.45) is 11.8 Å². The third kappa shape index (κ3) is 24.9. The second-order valence-corrected chi connectivity index (χ2v) is 16.6. The molecule has 0 saturated carbocycles. The SMILES string of the molecule is CCCCCCCCCCCCCCCCN(CCCCCCCC(CCC)CCCCCCCC)CCCNc1c(CC(C)C)c(=O)c1=O. The lowest BCUT2D eigenvalue weighted by molar-refractivity contribution is 0.259. The number of hydrogen-bond donors (Lipinski definition) is 1. The van der Waals surface area contributed by atoms with Crippen LogP contribution in [0.1, 0.15) is 233 Å². The first-order valence-corrected chi connectivity index (χ1v) is 22.7. The number of nitrogens with one attached hydrogen (secondary N) is 1. The standard InChI is InChI=1S/C46H88N2O2/c1-6-9-11-13-15-16-17-18-19-20-21-22-26-30-37-48(39-32-36-47-44-43(40-41(4)5)45(49)46(44)50)38-31-27-23-25-29-35-42(33-8-3)34-28-24-14-12-10-7-2/h41-42,47H,6-40H2,1-5H3. The number of anilines is 1. The molecule has 1 atom stereocenters. The highest BCUT2D eigenvalue weighted by Gasteiger charge is 2.21. The molecule has 0 aliphatic heterocycles. The van der Waals surface area contributed by atoms with Crippen molar-refractivity contribution >= 4 is 5.69 Å². The fraction of sp³-hybridized carbons (Fsp3) is 0.913. The van der Waals surface area contributed by atoms with E-state index in [0.717, 1.165) is 31.0 Å². The van der Waals surface area contributed by atoms with Gasteiger partial charge in [-0.15, -0.1) is 0 Å². The molecule has 1 aromatic rings. The normalized spacial score (nSPS) is 12.5. The molecule has 0 bridgehead atoms. The van der Waals surface area contributed by atoms with Crippen LogP contribution < -0.4 is 16.2 Å². The van der Waals surface area contributed by atoms with Crippen LogP contribution in [-0.2, 0) is 6.42 Å². The summed E-state index contributed by atoms with van der Waals surface area (Å²) >= 11 is 0. The second-order valence-electron chi connectivity index (χ2n) is 16.6. The Labute approximate surface area is 312 Å². The van der Waals surface area contributed by atoms with E-state index in [4.69, 9.17) is 0 Å². The summed E-state index contributed by atoms with van der Waals surface area (Å²) in [5, 5.41) is 3.34. The van der Waals surface area contributed by atoms with Crippen molar-refractivity contribution in [1.29, 1.82) is 0 Å². The maximum absolute atomic E-state index is 12.2. The Morgan fingerprint density at radius 3 is 1.28 bits per heavy atom. The Morgan fingerprint density at radius 2 is 0.860 bits per heavy atom. The molecule has 0 aliphatic carbocycles. The summed E-state index contributed by atoms with van der Waals surface area (Å²) in [5.74, 6) is 1.35. The molecule has 1 unspecified atom stereocenters. The summed E-state index contributed by atoms with van der Waals surface area (Å²) in [6, 6.07) is 0. The maximum atomic E-state index is 12.2. The minimum absolute atomic E-state index is 0.265. The van der Waals surface area contributed by atoms with Crippen molar-refractivity contribution in [1.82, 2.24) is 4.90 Å². The van der Waals surface area contributed by atoms with Crippen LogP contribution in [0, 0.1) is 11.8 Å². The zero-order valence-electron chi connectivity index (χ0n) is 34.7. The molecular weight excluding hydrogens is 613 g/mol. The molecule has 0 saturated heterocycles. The van der Waals surface area contributed by atoms with Gasteiger partial charge in [-0.25, -0.2) is 0 Å². The predicted octanol–water partition coefficient (Wildman–Crippen LogP) is 13.6. The lowest BCUT2D eigenvalue weighted by atomic mass is 9.90. The number of unbranched alkanes of at least 4 members (excludes halogenated alkanes) is 22. The van der Waals surface area contributed by atoms with Crippen LogP contribution in [0.5, 0.6) is 0 Å². The van der Waals surface area contributed by atoms with E-state index in [1.165, 1.54) is 199 Å². The minimum atomic E-state index is -0.302. The lowest BCUT2D eigenvalue weighted by Gasteiger charge is -2.23. The Hall–Kier alpha value is -1.16. The van der Waals surface area contributed by atoms with Gasteiger partial charge in [0.05, 0.1) is 5.69 Å². The van der Waals surface area contributed by atoms with Crippen molar-refractivity contribution in [2.75, 3.05) is 31.5 Å². The van der Waals surface area contributed by atoms with Crippen molar-refractivity contribution < 1.29 is 0 Å². The Kier molecular flexibility index (Phi) is 31.5. The molecular formula is C46H88N2O2. The number of hydrogen-bond acceptors (Lipinski definition) is 4. The van der Waals surface area contributed by atoms with Gasteiger partial charge >= 0.3 is 0 Å². The third-order valence-electron chi connectivity index (χ3n) is 11.2. The van der Waals surface area contributed by atoms with E-state index in [9.17, 15) is 9.59 Å². The molecule has 0 spiro atoms. The summed E-state index contributed by atoms with van der Waals surface area (Å²) in [7, 11) is 0. The second kappa shape index (κ2) is 33.7. The van der Waals surface area contributed by atoms with Crippen LogP contribution in [-0.4, -0.2) is 31.1 Å². The molecule has 0 aliphatic rings. The van der Waals surface area contributed by atoms with Gasteiger partial charge in [-0.1, -0.05) is 208 Å². The fourth-order valence-electron chi connectivity index (χ4n) is 7.96. The van der Waals surface area contributed by atoms with Crippen molar-refractivity contribution in [2.45, 2.75) is 234 Å². The minimum Gasteiger partial charge on any atom is -0.381 e. The van der Waals surface area contributed by atoms with Gasteiger partial charge in [-0.3, -0.25) is 9.59 Å². The van der Waals surface area contributed by atoms with Crippen LogP contribution in [0.3, 0.4) is 0 Å². The first kappa shape index (κ1) is 46.9. The summed E-state index contributed by atoms with van der Waals surface area (Å²) in [6.45, 7) is 15.5. The van der Waals surface area contributed by atoms with Gasteiger partial charge in [0.2, 0.25) is 10.9 Å². The van der Waals surface area contributed by atoms with Crippen LogP contribution in [0.2, 0.25) is 0 Å². The zero-order valence-corrected chi connectivity index (χ0v) is 34.7. The van der Waals surface area contributed by atoms with Gasteiger partial charge in [0, 0.05) is 12.1 Å². The van der Waals surface area contributed by atoms with E-state index in [1.807, 2.05) is 0 Å². The smallest absolute Gasteiger partial charge is 0.249 e. The van der Waals surface area contributed by atoms with E-state index in [0.29, 0.717) is 18.0 Å². The average Bonchev–Trinajstić information content (AvgIpc) is 3.11. The van der Waals surface area contributed by atoms with Crippen molar-refractivity contribution in [3.63, 3.8) is 0 Å². The van der Waals surface area contributed by atoms with Crippen LogP contribution in [0.25, 0.3) is 0 Å². The molecule has 1 aromatic carbocycles. The van der Waals surface area contributed by atoms with E-state index >= 15 is 0 Å². The predicted molar refractivity (Wildman–Crippen MR) is 224 cm³/mol. The van der Waals surface area contributed by atoms with Gasteiger partial charge in [-0.05, 0) is 57.2 Å². The number of nitrogens with zero attached hydrogens (tertiary/aromatic N) is 1. The van der Waals surface area contributed by atoms with Crippen LogP contribution in [0.4, 0.5) is 5.69 Å². The van der Waals surface area contributed by atoms with E-state index in [2.05, 4.69) is 44.8 Å². The molecule has 0 fully saturated rings. The lowest BCUT2D eigenvalue weighted by Crippen LogP contribution is -2.39. The average molecular weight is 701 g/mol. The molecule has 0 amide bonds. The summed E-state index contributed by atoms with van der Waals surface area (Å²) in [4.78, 5) is 26.9. The zero-order chi connectivity index (χ0) is 36.5. The molecule has 0 aromatic heterocycles. The Morgan fingerprint density at radius 1 is 0.460 bits per heavy atom. The van der Waals surface area contributed by atoms with Gasteiger partial charge in [0.15, 0.2) is 0 Å². The molecule has 0 heterocycles. The summed E-state index contributed by atoms with van der Waals surface area (Å²) in [6.07, 6.45) is 42.5. The molecule has 50 heavy (non-hydrogen) atoms. The summed E-state index contributed by atoms with van der Waals surface area (Å²) < 4.78 is 0. The monoisotopic (exact) mass is 701 g/mol. The first-order valence-electron chi connectivity index (χ1n) is 22.7. The molecule has 4 heteroatoms. The molecule has 4 nitrogen and oxygen atoms in total. The highest BCUT2D eigenvalue weighted by Crippen LogP contribution is 2.23. The summed E-state index contributed by atoms with van der Waals surface area (Å²) in [5.41, 5.74) is 0.769. The number of rotatable bonds is 39. The largest absolute Gasteiger partial charge is 0.381 e. The molecule has 0 radical (unpaired) electrons. The van der Waals surface area contributed by atoms with E-state index in [-0.39, 0.29) is 10.9 Å². The Bertz CT molecular complexity index is 933. The van der Waals surface area contributed by atoms with Crippen molar-refractivity contribution in [3.8, 4) is 0 Å². The topological polar surface area (TPSA) is 49.4 Å². The third-order valence-corrected chi connectivity index (χ3v) is 11.2. The molecule has 1 rings (SSSR count). The van der Waals surface area contributed by atoms with Gasteiger partial charge in [-0.2, -0.15) is 0 Å². The van der Waals surface area contributed by atoms with Crippen LogP contribution >= 0.6 is 0 Å². The van der Waals surface area contributed by atoms with Gasteiger partial charge in [0.25, 0.3) is 0 Å². The van der Waals surface area contributed by atoms with E-state index in [1.54, 1.807) is 0 Å². The maximum Gasteiger partial charge on any atom is 0.249 e. The van der Waals surface area contributed by atoms with Crippen molar-refractivity contribution in [3.05, 3.63) is 26.0 Å². The highest BCUT2D eigenvalue weighted by atomic mass is 16.2. The highest BCUT2D eigenvalue weighted by molar-refractivity contribution is 5.56. The quantitative estimate of drug-likeness (QED) is 0.0549. The van der Waals surface area contributed by atoms with Crippen LogP contribution in [0.15, 0.2) is 9.59 Å². The van der Waals surface area contributed by atoms with E-state index < -0.39 is 0 Å². The first-order chi connectivity index (χ1) is 24.4. The molecule has 1 N–H and O–H groups in total. The Balaban J connectivity index is 2.32. The van der Waals surface area contributed by atoms with Gasteiger partial charge in [0.1, 0.15) is 0 Å². The molecule has 294 valence electrons. The van der Waals surface area contributed by atoms with Gasteiger partial charge < -0.3 is 10.2 Å². The fourth-order valence-corrected chi connectivity index (χ4v) is 7.96.